The number of nitrogens with one attached hydrogen (secondary N) is 1. The Labute approximate surface area is 134 Å². The van der Waals surface area contributed by atoms with Crippen molar-refractivity contribution in [3.8, 4) is 5.69 Å². The number of H-pyrrole nitrogens is 1. The van der Waals surface area contributed by atoms with E-state index in [1.807, 2.05) is 0 Å². The zero-order valence-corrected chi connectivity index (χ0v) is 12.3. The lowest BCUT2D eigenvalue weighted by Crippen LogP contribution is -2.15. The summed E-state index contributed by atoms with van der Waals surface area (Å²) in [6.45, 7) is 0. The van der Waals surface area contributed by atoms with Crippen LogP contribution in [0.15, 0.2) is 53.5 Å². The van der Waals surface area contributed by atoms with Crippen molar-refractivity contribution in [1.82, 2.24) is 14.8 Å². The van der Waals surface area contributed by atoms with E-state index < -0.39 is 11.7 Å². The number of rotatable bonds is 2. The van der Waals surface area contributed by atoms with Gasteiger partial charge in [0, 0.05) is 17.1 Å². The molecule has 24 heavy (non-hydrogen) atoms. The highest BCUT2D eigenvalue weighted by Gasteiger charge is 2.13. The smallest absolute Gasteiger partial charge is 0.280 e. The Hall–Kier alpha value is -3.48. The van der Waals surface area contributed by atoms with Crippen LogP contribution in [0.1, 0.15) is 10.4 Å². The second kappa shape index (κ2) is 5.02. The molecule has 1 amide bonds. The standard InChI is InChI=1S/C17H11FN4O2/c18-13-3-1-2-11-14-12(8-20-15(11)13)17(24)22(21-14)10-6-4-9(5-7-10)16(19)23/h1-8,21H,(H2,19,23). The molecular formula is C17H11FN4O2. The molecule has 7 heteroatoms. The van der Waals surface area contributed by atoms with Crippen LogP contribution in [-0.4, -0.2) is 20.7 Å². The number of amides is 1. The third kappa shape index (κ3) is 1.98. The van der Waals surface area contributed by atoms with E-state index in [4.69, 9.17) is 5.73 Å². The lowest BCUT2D eigenvalue weighted by molar-refractivity contribution is 0.100. The minimum Gasteiger partial charge on any atom is -0.366 e. The van der Waals surface area contributed by atoms with Gasteiger partial charge in [-0.1, -0.05) is 12.1 Å². The molecule has 0 radical (unpaired) electrons. The number of aromatic nitrogens is 3. The van der Waals surface area contributed by atoms with Gasteiger partial charge in [0.25, 0.3) is 5.56 Å². The number of aromatic amines is 1. The van der Waals surface area contributed by atoms with Crippen LogP contribution in [0.3, 0.4) is 0 Å². The fourth-order valence-corrected chi connectivity index (χ4v) is 2.71. The second-order valence-corrected chi connectivity index (χ2v) is 5.35. The van der Waals surface area contributed by atoms with Crippen molar-refractivity contribution in [2.24, 2.45) is 5.73 Å². The summed E-state index contributed by atoms with van der Waals surface area (Å²) >= 11 is 0. The molecule has 2 aromatic carbocycles. The molecule has 118 valence electrons. The van der Waals surface area contributed by atoms with Crippen LogP contribution >= 0.6 is 0 Å². The molecule has 0 saturated heterocycles. The Balaban J connectivity index is 1.98. The van der Waals surface area contributed by atoms with Crippen LogP contribution in [0.2, 0.25) is 0 Å². The Kier molecular flexibility index (Phi) is 2.96. The van der Waals surface area contributed by atoms with Gasteiger partial charge in [0.05, 0.1) is 16.6 Å². The number of nitrogens with two attached hydrogens (primary N) is 1. The Morgan fingerprint density at radius 2 is 1.88 bits per heavy atom. The first-order chi connectivity index (χ1) is 11.6. The van der Waals surface area contributed by atoms with E-state index >= 15 is 0 Å². The number of primary amides is 1. The Morgan fingerprint density at radius 1 is 1.12 bits per heavy atom. The summed E-state index contributed by atoms with van der Waals surface area (Å²) in [4.78, 5) is 27.8. The first-order valence-corrected chi connectivity index (χ1v) is 7.14. The molecule has 0 unspecified atom stereocenters. The minimum atomic E-state index is -0.545. The van der Waals surface area contributed by atoms with Crippen LogP contribution < -0.4 is 11.3 Å². The summed E-state index contributed by atoms with van der Waals surface area (Å²) in [7, 11) is 0. The topological polar surface area (TPSA) is 93.8 Å². The monoisotopic (exact) mass is 322 g/mol. The SMILES string of the molecule is NC(=O)c1ccc(-n2[nH]c3c(cnc4c(F)cccc43)c2=O)cc1. The lowest BCUT2D eigenvalue weighted by Gasteiger charge is -2.02. The van der Waals surface area contributed by atoms with Crippen molar-refractivity contribution in [3.05, 3.63) is 70.4 Å². The average molecular weight is 322 g/mol. The van der Waals surface area contributed by atoms with E-state index in [0.717, 1.165) is 0 Å². The highest BCUT2D eigenvalue weighted by Crippen LogP contribution is 2.22. The second-order valence-electron chi connectivity index (χ2n) is 5.35. The van der Waals surface area contributed by atoms with Crippen LogP contribution in [0.5, 0.6) is 0 Å². The van der Waals surface area contributed by atoms with E-state index in [1.54, 1.807) is 24.3 Å². The number of para-hydroxylation sites is 1. The van der Waals surface area contributed by atoms with Gasteiger partial charge in [-0.2, -0.15) is 0 Å². The number of carbonyl (C=O) groups is 1. The maximum atomic E-state index is 13.9. The minimum absolute atomic E-state index is 0.197. The summed E-state index contributed by atoms with van der Waals surface area (Å²) in [5.41, 5.74) is 6.48. The van der Waals surface area contributed by atoms with Crippen LogP contribution in [0.4, 0.5) is 4.39 Å². The molecule has 4 rings (SSSR count). The molecule has 0 aliphatic heterocycles. The molecule has 0 saturated carbocycles. The predicted molar refractivity (Wildman–Crippen MR) is 87.7 cm³/mol. The molecule has 0 atom stereocenters. The molecule has 2 heterocycles. The molecule has 2 aromatic heterocycles. The van der Waals surface area contributed by atoms with E-state index in [-0.39, 0.29) is 11.1 Å². The molecule has 4 aromatic rings. The van der Waals surface area contributed by atoms with Crippen LogP contribution in [0.25, 0.3) is 27.5 Å². The number of fused-ring (bicyclic) bond motifs is 3. The summed E-state index contributed by atoms with van der Waals surface area (Å²) < 4.78 is 15.2. The first-order valence-electron chi connectivity index (χ1n) is 7.14. The number of halogens is 1. The largest absolute Gasteiger partial charge is 0.366 e. The van der Waals surface area contributed by atoms with Crippen molar-refractivity contribution in [3.63, 3.8) is 0 Å². The van der Waals surface area contributed by atoms with Crippen LogP contribution in [-0.2, 0) is 0 Å². The van der Waals surface area contributed by atoms with Crippen molar-refractivity contribution in [2.45, 2.75) is 0 Å². The summed E-state index contributed by atoms with van der Waals surface area (Å²) in [5, 5.41) is 3.86. The normalized spacial score (nSPS) is 11.2. The van der Waals surface area contributed by atoms with Gasteiger partial charge in [-0.05, 0) is 30.3 Å². The van der Waals surface area contributed by atoms with E-state index in [0.29, 0.717) is 27.5 Å². The average Bonchev–Trinajstić information content (AvgIpc) is 2.93. The van der Waals surface area contributed by atoms with Crippen molar-refractivity contribution >= 4 is 27.7 Å². The fraction of sp³-hybridized carbons (Fsp3) is 0. The third-order valence-electron chi connectivity index (χ3n) is 3.92. The molecule has 0 aliphatic rings. The zero-order valence-electron chi connectivity index (χ0n) is 12.3. The zero-order chi connectivity index (χ0) is 16.8. The molecule has 0 fully saturated rings. The number of pyridine rings is 1. The van der Waals surface area contributed by atoms with Crippen LogP contribution in [0, 0.1) is 5.82 Å². The number of hydrogen-bond acceptors (Lipinski definition) is 3. The van der Waals surface area contributed by atoms with E-state index in [1.165, 1.54) is 29.1 Å². The summed E-state index contributed by atoms with van der Waals surface area (Å²) in [6.07, 6.45) is 1.36. The van der Waals surface area contributed by atoms with Gasteiger partial charge in [0.15, 0.2) is 0 Å². The molecule has 6 nitrogen and oxygen atoms in total. The number of carbonyl (C=O) groups excluding carboxylic acids is 1. The molecule has 0 spiro atoms. The van der Waals surface area contributed by atoms with Gasteiger partial charge in [0.2, 0.25) is 5.91 Å². The third-order valence-corrected chi connectivity index (χ3v) is 3.92. The summed E-state index contributed by atoms with van der Waals surface area (Å²) in [5.74, 6) is -0.995. The lowest BCUT2D eigenvalue weighted by atomic mass is 10.1. The van der Waals surface area contributed by atoms with Gasteiger partial charge < -0.3 is 5.73 Å². The molecule has 0 aliphatic carbocycles. The van der Waals surface area contributed by atoms with Crippen molar-refractivity contribution < 1.29 is 9.18 Å². The van der Waals surface area contributed by atoms with Gasteiger partial charge in [-0.25, -0.2) is 9.07 Å². The van der Waals surface area contributed by atoms with Gasteiger partial charge in [-0.15, -0.1) is 0 Å². The van der Waals surface area contributed by atoms with Gasteiger partial charge in [0.1, 0.15) is 11.3 Å². The van der Waals surface area contributed by atoms with Crippen molar-refractivity contribution in [1.29, 1.82) is 0 Å². The molecule has 3 N–H and O–H groups in total. The first kappa shape index (κ1) is 14.1. The highest BCUT2D eigenvalue weighted by atomic mass is 19.1. The predicted octanol–water partition coefficient (Wildman–Crippen LogP) is 2.10. The molecule has 0 bridgehead atoms. The Bertz CT molecular complexity index is 1160. The van der Waals surface area contributed by atoms with Crippen molar-refractivity contribution in [2.75, 3.05) is 0 Å². The quantitative estimate of drug-likeness (QED) is 0.592. The number of nitrogens with zero attached hydrogens (tertiary/aromatic N) is 2. The Morgan fingerprint density at radius 3 is 2.58 bits per heavy atom. The maximum absolute atomic E-state index is 13.9. The van der Waals surface area contributed by atoms with E-state index in [2.05, 4.69) is 10.1 Å². The van der Waals surface area contributed by atoms with E-state index in [9.17, 15) is 14.0 Å². The number of benzene rings is 2. The van der Waals surface area contributed by atoms with Gasteiger partial charge in [-0.3, -0.25) is 19.7 Å². The van der Waals surface area contributed by atoms with Gasteiger partial charge >= 0.3 is 0 Å². The summed E-state index contributed by atoms with van der Waals surface area (Å²) in [6, 6.07) is 10.9. The number of hydrogen-bond donors (Lipinski definition) is 2. The maximum Gasteiger partial charge on any atom is 0.280 e. The molecular weight excluding hydrogens is 311 g/mol. The highest BCUT2D eigenvalue weighted by molar-refractivity contribution is 6.02. The fourth-order valence-electron chi connectivity index (χ4n) is 2.71.